The van der Waals surface area contributed by atoms with E-state index in [4.69, 9.17) is 5.11 Å². The van der Waals surface area contributed by atoms with E-state index in [2.05, 4.69) is 4.98 Å². The SMILES string of the molecule is OC[C@@H](O)C(O)c1nccn1Cc1ccccc1. The second-order valence-electron chi connectivity index (χ2n) is 4.09. The molecule has 0 saturated carbocycles. The Balaban J connectivity index is 2.18. The van der Waals surface area contributed by atoms with E-state index in [1.165, 1.54) is 0 Å². The van der Waals surface area contributed by atoms with Gasteiger partial charge in [-0.1, -0.05) is 30.3 Å². The number of imidazole rings is 1. The quantitative estimate of drug-likeness (QED) is 0.712. The zero-order valence-corrected chi connectivity index (χ0v) is 9.85. The van der Waals surface area contributed by atoms with Gasteiger partial charge in [0.15, 0.2) is 0 Å². The van der Waals surface area contributed by atoms with E-state index >= 15 is 0 Å². The van der Waals surface area contributed by atoms with Crippen LogP contribution in [0, 0.1) is 0 Å². The summed E-state index contributed by atoms with van der Waals surface area (Å²) < 4.78 is 1.75. The molecule has 1 unspecified atom stereocenters. The second-order valence-corrected chi connectivity index (χ2v) is 4.09. The highest BCUT2D eigenvalue weighted by molar-refractivity contribution is 5.16. The minimum Gasteiger partial charge on any atom is -0.394 e. The van der Waals surface area contributed by atoms with E-state index in [0.29, 0.717) is 12.4 Å². The Labute approximate surface area is 105 Å². The van der Waals surface area contributed by atoms with Crippen molar-refractivity contribution in [1.82, 2.24) is 9.55 Å². The molecular weight excluding hydrogens is 232 g/mol. The normalized spacial score (nSPS) is 14.4. The summed E-state index contributed by atoms with van der Waals surface area (Å²) in [7, 11) is 0. The van der Waals surface area contributed by atoms with Crippen LogP contribution in [-0.4, -0.2) is 37.6 Å². The van der Waals surface area contributed by atoms with Crippen LogP contribution in [0.15, 0.2) is 42.7 Å². The van der Waals surface area contributed by atoms with Gasteiger partial charge in [0, 0.05) is 18.9 Å². The third-order valence-corrected chi connectivity index (χ3v) is 2.76. The van der Waals surface area contributed by atoms with Gasteiger partial charge in [0.2, 0.25) is 0 Å². The second kappa shape index (κ2) is 5.77. The molecule has 0 radical (unpaired) electrons. The van der Waals surface area contributed by atoms with Gasteiger partial charge in [-0.25, -0.2) is 4.98 Å². The summed E-state index contributed by atoms with van der Waals surface area (Å²) in [5.74, 6) is 0.348. The van der Waals surface area contributed by atoms with Crippen LogP contribution >= 0.6 is 0 Å². The van der Waals surface area contributed by atoms with Gasteiger partial charge < -0.3 is 19.9 Å². The summed E-state index contributed by atoms with van der Waals surface area (Å²) in [5, 5.41) is 28.1. The molecule has 96 valence electrons. The first-order chi connectivity index (χ1) is 8.72. The summed E-state index contributed by atoms with van der Waals surface area (Å²) in [6, 6.07) is 9.75. The van der Waals surface area contributed by atoms with Gasteiger partial charge in [-0.3, -0.25) is 0 Å². The molecule has 3 N–H and O–H groups in total. The van der Waals surface area contributed by atoms with Crippen LogP contribution in [-0.2, 0) is 6.54 Å². The first kappa shape index (κ1) is 12.8. The fourth-order valence-electron chi connectivity index (χ4n) is 1.77. The van der Waals surface area contributed by atoms with Crippen molar-refractivity contribution < 1.29 is 15.3 Å². The van der Waals surface area contributed by atoms with Crippen molar-refractivity contribution in [2.24, 2.45) is 0 Å². The lowest BCUT2D eigenvalue weighted by atomic mass is 10.2. The van der Waals surface area contributed by atoms with Crippen molar-refractivity contribution in [2.45, 2.75) is 18.8 Å². The molecule has 0 bridgehead atoms. The number of hydrogen-bond acceptors (Lipinski definition) is 4. The maximum Gasteiger partial charge on any atom is 0.140 e. The van der Waals surface area contributed by atoms with Gasteiger partial charge in [-0.15, -0.1) is 0 Å². The van der Waals surface area contributed by atoms with E-state index < -0.39 is 18.8 Å². The minimum absolute atomic E-state index is 0.348. The van der Waals surface area contributed by atoms with Crippen molar-refractivity contribution in [3.63, 3.8) is 0 Å². The van der Waals surface area contributed by atoms with Gasteiger partial charge in [0.1, 0.15) is 18.0 Å². The summed E-state index contributed by atoms with van der Waals surface area (Å²) in [6.45, 7) is 0.0603. The van der Waals surface area contributed by atoms with Crippen molar-refractivity contribution in [3.8, 4) is 0 Å². The Morgan fingerprint density at radius 2 is 1.89 bits per heavy atom. The molecule has 0 saturated heterocycles. The fraction of sp³-hybridized carbons (Fsp3) is 0.308. The van der Waals surface area contributed by atoms with Gasteiger partial charge >= 0.3 is 0 Å². The summed E-state index contributed by atoms with van der Waals surface area (Å²) in [4.78, 5) is 4.02. The largest absolute Gasteiger partial charge is 0.394 e. The van der Waals surface area contributed by atoms with Gasteiger partial charge in [-0.05, 0) is 5.56 Å². The Hall–Kier alpha value is -1.69. The lowest BCUT2D eigenvalue weighted by Gasteiger charge is -2.17. The number of aliphatic hydroxyl groups is 3. The van der Waals surface area contributed by atoms with E-state index in [1.807, 2.05) is 30.3 Å². The fourth-order valence-corrected chi connectivity index (χ4v) is 1.77. The maximum absolute atomic E-state index is 9.84. The number of rotatable bonds is 5. The van der Waals surface area contributed by atoms with E-state index in [1.54, 1.807) is 17.0 Å². The van der Waals surface area contributed by atoms with Gasteiger partial charge in [0.25, 0.3) is 0 Å². The topological polar surface area (TPSA) is 78.5 Å². The highest BCUT2D eigenvalue weighted by Crippen LogP contribution is 2.16. The molecular formula is C13H16N2O3. The highest BCUT2D eigenvalue weighted by atomic mass is 16.4. The molecule has 1 heterocycles. The van der Waals surface area contributed by atoms with Crippen LogP contribution in [0.25, 0.3) is 0 Å². The van der Waals surface area contributed by atoms with E-state index in [0.717, 1.165) is 5.56 Å². The smallest absolute Gasteiger partial charge is 0.140 e. The maximum atomic E-state index is 9.84. The summed E-state index contributed by atoms with van der Waals surface area (Å²) in [6.07, 6.45) is 0.886. The molecule has 5 heteroatoms. The molecule has 0 aliphatic rings. The average molecular weight is 248 g/mol. The minimum atomic E-state index is -1.22. The van der Waals surface area contributed by atoms with Crippen LogP contribution in [0.2, 0.25) is 0 Å². The molecule has 0 aliphatic carbocycles. The van der Waals surface area contributed by atoms with Crippen LogP contribution in [0.3, 0.4) is 0 Å². The van der Waals surface area contributed by atoms with Gasteiger partial charge in [0.05, 0.1) is 6.61 Å². The predicted molar refractivity (Wildman–Crippen MR) is 65.8 cm³/mol. The van der Waals surface area contributed by atoms with E-state index in [9.17, 15) is 10.2 Å². The number of nitrogens with zero attached hydrogens (tertiary/aromatic N) is 2. The first-order valence-electron chi connectivity index (χ1n) is 5.74. The van der Waals surface area contributed by atoms with Crippen molar-refractivity contribution >= 4 is 0 Å². The number of aromatic nitrogens is 2. The summed E-state index contributed by atoms with van der Waals surface area (Å²) >= 11 is 0. The van der Waals surface area contributed by atoms with E-state index in [-0.39, 0.29) is 0 Å². The molecule has 2 aromatic rings. The number of benzene rings is 1. The Morgan fingerprint density at radius 3 is 2.56 bits per heavy atom. The molecule has 18 heavy (non-hydrogen) atoms. The Bertz CT molecular complexity index is 484. The van der Waals surface area contributed by atoms with Crippen LogP contribution in [0.1, 0.15) is 17.5 Å². The molecule has 0 amide bonds. The third-order valence-electron chi connectivity index (χ3n) is 2.76. The molecule has 1 aromatic carbocycles. The highest BCUT2D eigenvalue weighted by Gasteiger charge is 2.21. The Kier molecular flexibility index (Phi) is 4.09. The monoisotopic (exact) mass is 248 g/mol. The Morgan fingerprint density at radius 1 is 1.17 bits per heavy atom. The molecule has 0 fully saturated rings. The lowest BCUT2D eigenvalue weighted by molar-refractivity contribution is -0.0209. The first-order valence-corrected chi connectivity index (χ1v) is 5.74. The zero-order chi connectivity index (χ0) is 13.0. The average Bonchev–Trinajstić information content (AvgIpc) is 2.86. The lowest BCUT2D eigenvalue weighted by Crippen LogP contribution is -2.25. The number of hydrogen-bond donors (Lipinski definition) is 3. The molecule has 2 atom stereocenters. The number of aliphatic hydroxyl groups excluding tert-OH is 3. The van der Waals surface area contributed by atoms with Crippen LogP contribution in [0.5, 0.6) is 0 Å². The molecule has 0 aliphatic heterocycles. The van der Waals surface area contributed by atoms with Crippen molar-refractivity contribution in [2.75, 3.05) is 6.61 Å². The zero-order valence-electron chi connectivity index (χ0n) is 9.85. The van der Waals surface area contributed by atoms with Crippen LogP contribution in [0.4, 0.5) is 0 Å². The third kappa shape index (κ3) is 2.76. The molecule has 1 aromatic heterocycles. The molecule has 0 spiro atoms. The standard InChI is InChI=1S/C13H16N2O3/c16-9-11(17)12(18)13-14-6-7-15(13)8-10-4-2-1-3-5-10/h1-7,11-12,16-18H,8-9H2/t11-,12?/m1/s1. The summed E-state index contributed by atoms with van der Waals surface area (Å²) in [5.41, 5.74) is 1.07. The van der Waals surface area contributed by atoms with Gasteiger partial charge in [-0.2, -0.15) is 0 Å². The predicted octanol–water partition coefficient (Wildman–Crippen LogP) is 0.318. The van der Waals surface area contributed by atoms with Crippen LogP contribution < -0.4 is 0 Å². The van der Waals surface area contributed by atoms with Crippen molar-refractivity contribution in [3.05, 3.63) is 54.1 Å². The molecule has 2 rings (SSSR count). The van der Waals surface area contributed by atoms with Crippen molar-refractivity contribution in [1.29, 1.82) is 0 Å². The molecule has 5 nitrogen and oxygen atoms in total.